The van der Waals surface area contributed by atoms with Crippen LogP contribution in [0.15, 0.2) is 276 Å². The van der Waals surface area contributed by atoms with Crippen LogP contribution in [0.1, 0.15) is 196 Å². The van der Waals surface area contributed by atoms with Gasteiger partial charge in [-0.05, 0) is 218 Å². The third-order valence-corrected chi connectivity index (χ3v) is 36.0. The van der Waals surface area contributed by atoms with E-state index < -0.39 is 0 Å². The van der Waals surface area contributed by atoms with E-state index in [1.54, 1.807) is 0 Å². The van der Waals surface area contributed by atoms with Gasteiger partial charge < -0.3 is 37.6 Å². The van der Waals surface area contributed by atoms with Crippen LogP contribution in [0.5, 0.6) is 0 Å². The van der Waals surface area contributed by atoms with Crippen molar-refractivity contribution in [2.45, 2.75) is 206 Å². The van der Waals surface area contributed by atoms with Crippen molar-refractivity contribution in [3.05, 3.63) is 300 Å². The van der Waals surface area contributed by atoms with Gasteiger partial charge in [-0.1, -0.05) is 299 Å². The lowest BCUT2D eigenvalue weighted by atomic mass is 9.33. The zero-order chi connectivity index (χ0) is 89.6. The summed E-state index contributed by atoms with van der Waals surface area (Å²) in [5, 5.41) is 12.7. The first kappa shape index (κ1) is 79.3. The Morgan fingerprint density at radius 3 is 1.18 bits per heavy atom. The number of furan rings is 2. The molecule has 8 aliphatic rings. The highest BCUT2D eigenvalue weighted by molar-refractivity contribution is 7.26. The summed E-state index contributed by atoms with van der Waals surface area (Å²) < 4.78 is 21.7. The van der Waals surface area contributed by atoms with Crippen LogP contribution in [-0.4, -0.2) is 33.6 Å². The molecule has 0 saturated heterocycles. The maximum Gasteiger partial charge on any atom is 0.252 e. The molecule has 28 rings (SSSR count). The number of fused-ring (bicyclic) bond motifs is 30. The molecule has 0 spiro atoms. The standard InChI is InChI=1S/2C60H54BN3OS/c1-57(2,3)35-26-28-45-42(31-35)59(7)29-13-14-30-60(59,8)64(45)37-33-48-53-49(34-37)63-54-41(52-40-18-10-12-24-51(40)66-56(52)63)20-15-21-44(54)61(53)43-27-25-36(58(4,5)6)32-47(43)62(48)46-22-16-19-39-38-17-9-11-23-50(38)65-55(39)46;1-57(2,3)35-26-28-44-41(31-35)59(7)29-13-14-30-60(59,8)64(44)37-33-47-54-48(34-37)63-55-40(52-39-18-10-12-24-51(39)66-56(52)63)19-15-20-43(55)61(54)42-27-25-36(58(4,5)6)32-46(42)62(47)45-21-16-23-50-53(45)38-17-9-11-22-49(38)65-50/h2*9-12,15-28,31-34H,13-14,29-30H2,1-8H3. The summed E-state index contributed by atoms with van der Waals surface area (Å²) >= 11 is 3.88. The molecule has 132 heavy (non-hydrogen) atoms. The predicted octanol–water partition coefficient (Wildman–Crippen LogP) is 29.7. The number of hydrogen-bond acceptors (Lipinski definition) is 8. The molecule has 8 nitrogen and oxygen atoms in total. The first-order valence-electron chi connectivity index (χ1n) is 48.4. The lowest BCUT2D eigenvalue weighted by Gasteiger charge is -2.51. The predicted molar refractivity (Wildman–Crippen MR) is 566 cm³/mol. The minimum absolute atomic E-state index is 0.0151. The summed E-state index contributed by atoms with van der Waals surface area (Å²) in [5.41, 5.74) is 37.7. The van der Waals surface area contributed by atoms with Gasteiger partial charge in [0, 0.05) is 126 Å². The average molecular weight is 1750 g/mol. The molecule has 14 aromatic carbocycles. The second kappa shape index (κ2) is 26.7. The fraction of sp³-hybridized carbons (Fsp3) is 0.267. The van der Waals surface area contributed by atoms with Crippen molar-refractivity contribution in [1.82, 2.24) is 9.13 Å². The minimum Gasteiger partial charge on any atom is -0.456 e. The van der Waals surface area contributed by atoms with E-state index in [-0.39, 0.29) is 57.0 Å². The van der Waals surface area contributed by atoms with Gasteiger partial charge in [-0.25, -0.2) is 0 Å². The van der Waals surface area contributed by atoms with E-state index in [9.17, 15) is 0 Å². The maximum atomic E-state index is 7.00. The molecular weight excluding hydrogens is 1640 g/mol. The van der Waals surface area contributed by atoms with Gasteiger partial charge in [0.1, 0.15) is 26.4 Å². The fourth-order valence-electron chi connectivity index (χ4n) is 26.6. The topological polar surface area (TPSA) is 49.1 Å². The molecule has 4 atom stereocenters. The van der Waals surface area contributed by atoms with Crippen molar-refractivity contribution in [1.29, 1.82) is 0 Å². The van der Waals surface area contributed by atoms with Gasteiger partial charge in [-0.15, -0.1) is 22.7 Å². The SMILES string of the molecule is CC(C)(C)c1ccc2c(c1)N(c1cccc3c1oc1ccccc13)c1cc(N3c4ccc(C(C)(C)C)cc4C4(C)CCCCC34C)cc3c1B2c1cccc2c4c5ccccc5sc4n-3c12.CC(C)(C)c1ccc2c(c1)N(c1cccc3oc4ccccc4c13)c1cc(N3c4ccc(C(C)(C)C)cc4C4(C)CCCCC34C)cc3c1B2c1cccc2c4c5ccccc5sc4n-3c12. The van der Waals surface area contributed by atoms with Gasteiger partial charge in [0.25, 0.3) is 13.4 Å². The molecule has 0 radical (unpaired) electrons. The third kappa shape index (κ3) is 10.4. The molecule has 0 N–H and O–H groups in total. The highest BCUT2D eigenvalue weighted by Crippen LogP contribution is 2.65. The van der Waals surface area contributed by atoms with Gasteiger partial charge in [0.05, 0.1) is 38.9 Å². The molecule has 0 amide bonds. The average Bonchev–Trinajstić information content (AvgIpc) is 1.48. The summed E-state index contributed by atoms with van der Waals surface area (Å²) in [4.78, 5) is 13.5. The Hall–Kier alpha value is -12.5. The number of anilines is 10. The number of benzene rings is 14. The quantitative estimate of drug-likeness (QED) is 0.164. The molecule has 6 aliphatic heterocycles. The summed E-state index contributed by atoms with van der Waals surface area (Å²) in [6.07, 6.45) is 9.58. The van der Waals surface area contributed by atoms with Crippen LogP contribution in [0.3, 0.4) is 0 Å². The van der Waals surface area contributed by atoms with Gasteiger partial charge in [-0.3, -0.25) is 0 Å². The van der Waals surface area contributed by atoms with Crippen molar-refractivity contribution in [3.63, 3.8) is 0 Å². The molecule has 4 unspecified atom stereocenters. The van der Waals surface area contributed by atoms with Crippen molar-refractivity contribution < 1.29 is 8.83 Å². The molecule has 648 valence electrons. The molecule has 6 aromatic heterocycles. The summed E-state index contributed by atoms with van der Waals surface area (Å²) in [6, 6.07) is 103. The summed E-state index contributed by atoms with van der Waals surface area (Å²) in [6.45, 7) is 38.6. The third-order valence-electron chi connectivity index (χ3n) is 33.7. The van der Waals surface area contributed by atoms with E-state index in [0.717, 1.165) is 68.1 Å². The van der Waals surface area contributed by atoms with E-state index >= 15 is 0 Å². The highest BCUT2D eigenvalue weighted by atomic mass is 32.1. The molecule has 12 heteroatoms. The molecular formula is C120H108B2N6O2S2. The normalized spacial score (nSPS) is 19.9. The highest BCUT2D eigenvalue weighted by Gasteiger charge is 2.61. The van der Waals surface area contributed by atoms with Crippen LogP contribution in [0.4, 0.5) is 56.9 Å². The Morgan fingerprint density at radius 1 is 0.295 bits per heavy atom. The van der Waals surface area contributed by atoms with Crippen molar-refractivity contribution in [2.75, 3.05) is 19.6 Å². The van der Waals surface area contributed by atoms with Crippen molar-refractivity contribution in [2.24, 2.45) is 0 Å². The molecule has 2 saturated carbocycles. The molecule has 0 bridgehead atoms. The maximum absolute atomic E-state index is 7.00. The van der Waals surface area contributed by atoms with Gasteiger partial charge >= 0.3 is 0 Å². The molecule has 20 aromatic rings. The number of rotatable bonds is 4. The Labute approximate surface area is 781 Å². The van der Waals surface area contributed by atoms with Crippen molar-refractivity contribution >= 4 is 232 Å². The zero-order valence-electron chi connectivity index (χ0n) is 78.5. The Kier molecular flexibility index (Phi) is 16.1. The number of para-hydroxylation sites is 5. The Balaban J connectivity index is 0.000000135. The second-order valence-corrected chi connectivity index (χ2v) is 46.9. The van der Waals surface area contributed by atoms with Gasteiger partial charge in [0.2, 0.25) is 0 Å². The number of hydrogen-bond donors (Lipinski definition) is 0. The number of aromatic nitrogens is 2. The van der Waals surface area contributed by atoms with E-state index in [2.05, 4.69) is 406 Å². The van der Waals surface area contributed by atoms with E-state index in [1.807, 2.05) is 22.7 Å². The molecule has 2 aliphatic carbocycles. The summed E-state index contributed by atoms with van der Waals surface area (Å²) in [5.74, 6) is 0. The van der Waals surface area contributed by atoms with Crippen LogP contribution >= 0.6 is 22.7 Å². The van der Waals surface area contributed by atoms with E-state index in [4.69, 9.17) is 8.83 Å². The van der Waals surface area contributed by atoms with Gasteiger partial charge in [-0.2, -0.15) is 0 Å². The van der Waals surface area contributed by atoms with E-state index in [1.165, 1.54) is 224 Å². The monoisotopic (exact) mass is 1750 g/mol. The minimum atomic E-state index is -0.133. The van der Waals surface area contributed by atoms with Gasteiger partial charge in [0.15, 0.2) is 5.58 Å². The van der Waals surface area contributed by atoms with Crippen molar-refractivity contribution in [3.8, 4) is 11.4 Å². The Bertz CT molecular complexity index is 8500. The first-order chi connectivity index (χ1) is 63.5. The van der Waals surface area contributed by atoms with Crippen LogP contribution in [-0.2, 0) is 32.5 Å². The van der Waals surface area contributed by atoms with Crippen LogP contribution in [0.25, 0.3) is 118 Å². The zero-order valence-corrected chi connectivity index (χ0v) is 80.2. The van der Waals surface area contributed by atoms with Crippen LogP contribution < -0.4 is 52.4 Å². The number of thiophene rings is 2. The largest absolute Gasteiger partial charge is 0.456 e. The van der Waals surface area contributed by atoms with E-state index in [0.29, 0.717) is 0 Å². The lowest BCUT2D eigenvalue weighted by molar-refractivity contribution is 0.195. The molecule has 2 fully saturated rings. The number of nitrogens with zero attached hydrogens (tertiary/aromatic N) is 6. The summed E-state index contributed by atoms with van der Waals surface area (Å²) in [7, 11) is 0. The Morgan fingerprint density at radius 2 is 0.682 bits per heavy atom. The molecule has 12 heterocycles. The van der Waals surface area contributed by atoms with Crippen LogP contribution in [0.2, 0.25) is 0 Å². The lowest BCUT2D eigenvalue weighted by Crippen LogP contribution is -2.60. The smallest absolute Gasteiger partial charge is 0.252 e. The fourth-order valence-corrected chi connectivity index (χ4v) is 29.0. The first-order valence-corrected chi connectivity index (χ1v) is 50.0. The second-order valence-electron chi connectivity index (χ2n) is 44.9. The van der Waals surface area contributed by atoms with Crippen LogP contribution in [0, 0.1) is 0 Å².